The number of likely N-dealkylation sites (tertiary alicyclic amines) is 1. The molecule has 2 atom stereocenters. The highest BCUT2D eigenvalue weighted by molar-refractivity contribution is 7.99. The highest BCUT2D eigenvalue weighted by Crippen LogP contribution is 2.29. The quantitative estimate of drug-likeness (QED) is 0.660. The highest BCUT2D eigenvalue weighted by atomic mass is 32.2. The van der Waals surface area contributed by atoms with Crippen LogP contribution >= 0.6 is 11.8 Å². The molecule has 26 heavy (non-hydrogen) atoms. The van der Waals surface area contributed by atoms with Crippen LogP contribution in [0.4, 0.5) is 0 Å². The Labute approximate surface area is 163 Å². The number of benzene rings is 1. The van der Waals surface area contributed by atoms with Crippen LogP contribution in [0.25, 0.3) is 0 Å². The largest absolute Gasteiger partial charge is 0.352 e. The summed E-state index contributed by atoms with van der Waals surface area (Å²) in [5.41, 5.74) is 0. The molecule has 1 amide bonds. The molecular weight excluding hydrogens is 340 g/mol. The number of carbonyl (C=O) groups is 1. The minimum Gasteiger partial charge on any atom is -0.352 e. The van der Waals surface area contributed by atoms with Crippen LogP contribution in [0.3, 0.4) is 0 Å². The van der Waals surface area contributed by atoms with Gasteiger partial charge in [0.05, 0.1) is 6.04 Å². The van der Waals surface area contributed by atoms with Gasteiger partial charge in [-0.2, -0.15) is 0 Å². The van der Waals surface area contributed by atoms with Gasteiger partial charge < -0.3 is 5.32 Å². The summed E-state index contributed by atoms with van der Waals surface area (Å²) in [5.74, 6) is 1.37. The standard InChI is InChI=1S/C22H34N2OS/c1-2-10-21(22(25)23-18-11-5-3-6-12-18)24-16-9-13-19(24)17-26-20-14-7-4-8-15-20/h4,7-8,14-15,18-19,21H,2-3,5-6,9-13,16-17H2,1H3,(H,23,25)/t19-,21?/m0/s1. The van der Waals surface area contributed by atoms with E-state index < -0.39 is 0 Å². The molecule has 0 aromatic heterocycles. The highest BCUT2D eigenvalue weighted by Gasteiger charge is 2.34. The van der Waals surface area contributed by atoms with E-state index in [9.17, 15) is 4.79 Å². The Morgan fingerprint density at radius 2 is 1.92 bits per heavy atom. The van der Waals surface area contributed by atoms with Crippen LogP contribution in [0, 0.1) is 0 Å². The number of thioether (sulfide) groups is 1. The summed E-state index contributed by atoms with van der Waals surface area (Å²) in [5, 5.41) is 3.39. The molecule has 1 N–H and O–H groups in total. The van der Waals surface area contributed by atoms with E-state index in [1.165, 1.54) is 37.0 Å². The molecule has 0 spiro atoms. The van der Waals surface area contributed by atoms with Crippen molar-refractivity contribution in [2.24, 2.45) is 0 Å². The summed E-state index contributed by atoms with van der Waals surface area (Å²) < 4.78 is 0. The summed E-state index contributed by atoms with van der Waals surface area (Å²) in [4.78, 5) is 16.9. The normalized spacial score (nSPS) is 23.0. The van der Waals surface area contributed by atoms with Crippen molar-refractivity contribution in [1.82, 2.24) is 10.2 Å². The fraction of sp³-hybridized carbons (Fsp3) is 0.682. The number of carbonyl (C=O) groups excluding carboxylic acids is 1. The SMILES string of the molecule is CCCC(C(=O)NC1CCCCC1)N1CCC[C@H]1CSc1ccccc1. The molecule has 1 aromatic carbocycles. The Bertz CT molecular complexity index is 544. The second-order valence-electron chi connectivity index (χ2n) is 7.81. The first kappa shape index (κ1) is 19.8. The lowest BCUT2D eigenvalue weighted by molar-refractivity contribution is -0.128. The van der Waals surface area contributed by atoms with Crippen molar-refractivity contribution < 1.29 is 4.79 Å². The molecule has 1 heterocycles. The van der Waals surface area contributed by atoms with Crippen LogP contribution in [-0.2, 0) is 4.79 Å². The molecule has 1 aliphatic heterocycles. The van der Waals surface area contributed by atoms with Crippen molar-refractivity contribution in [2.45, 2.75) is 87.7 Å². The van der Waals surface area contributed by atoms with Gasteiger partial charge in [-0.15, -0.1) is 11.8 Å². The number of hydrogen-bond acceptors (Lipinski definition) is 3. The third-order valence-corrected chi connectivity index (χ3v) is 6.98. The molecule has 2 aliphatic rings. The number of hydrogen-bond donors (Lipinski definition) is 1. The van der Waals surface area contributed by atoms with Gasteiger partial charge in [0.15, 0.2) is 0 Å². The Morgan fingerprint density at radius 3 is 2.65 bits per heavy atom. The average Bonchev–Trinajstić information content (AvgIpc) is 3.14. The number of rotatable bonds is 8. The van der Waals surface area contributed by atoms with E-state index in [4.69, 9.17) is 0 Å². The van der Waals surface area contributed by atoms with Crippen molar-refractivity contribution in [2.75, 3.05) is 12.3 Å². The predicted molar refractivity (Wildman–Crippen MR) is 111 cm³/mol. The third-order valence-electron chi connectivity index (χ3n) is 5.82. The zero-order valence-electron chi connectivity index (χ0n) is 16.2. The number of nitrogens with one attached hydrogen (secondary N) is 1. The molecule has 0 radical (unpaired) electrons. The van der Waals surface area contributed by atoms with Crippen molar-refractivity contribution in [3.8, 4) is 0 Å². The van der Waals surface area contributed by atoms with Crippen LogP contribution in [0.5, 0.6) is 0 Å². The van der Waals surface area contributed by atoms with Crippen molar-refractivity contribution in [3.63, 3.8) is 0 Å². The molecule has 0 bridgehead atoms. The first-order chi connectivity index (χ1) is 12.8. The first-order valence-corrected chi connectivity index (χ1v) is 11.5. The van der Waals surface area contributed by atoms with Crippen LogP contribution in [0.2, 0.25) is 0 Å². The Kier molecular flexibility index (Phi) is 7.87. The summed E-state index contributed by atoms with van der Waals surface area (Å²) in [6, 6.07) is 11.6. The Hall–Kier alpha value is -1.00. The maximum Gasteiger partial charge on any atom is 0.237 e. The van der Waals surface area contributed by atoms with Gasteiger partial charge in [0, 0.05) is 22.7 Å². The summed E-state index contributed by atoms with van der Waals surface area (Å²) >= 11 is 1.93. The van der Waals surface area contributed by atoms with E-state index in [1.807, 2.05) is 11.8 Å². The summed E-state index contributed by atoms with van der Waals surface area (Å²) in [7, 11) is 0. The fourth-order valence-corrected chi connectivity index (χ4v) is 5.51. The lowest BCUT2D eigenvalue weighted by Gasteiger charge is -2.34. The van der Waals surface area contributed by atoms with E-state index in [0.717, 1.165) is 38.0 Å². The third kappa shape index (κ3) is 5.50. The molecule has 4 heteroatoms. The van der Waals surface area contributed by atoms with Gasteiger partial charge in [-0.05, 0) is 50.8 Å². The van der Waals surface area contributed by atoms with Gasteiger partial charge in [0.1, 0.15) is 0 Å². The van der Waals surface area contributed by atoms with Crippen LogP contribution in [0.1, 0.15) is 64.7 Å². The van der Waals surface area contributed by atoms with E-state index in [2.05, 4.69) is 47.5 Å². The van der Waals surface area contributed by atoms with Crippen LogP contribution in [0.15, 0.2) is 35.2 Å². The minimum atomic E-state index is 0.0609. The molecule has 1 saturated heterocycles. The van der Waals surface area contributed by atoms with Crippen molar-refractivity contribution in [1.29, 1.82) is 0 Å². The topological polar surface area (TPSA) is 32.3 Å². The molecule has 1 aromatic rings. The lowest BCUT2D eigenvalue weighted by atomic mass is 9.95. The van der Waals surface area contributed by atoms with Gasteiger partial charge in [-0.3, -0.25) is 9.69 Å². The van der Waals surface area contributed by atoms with Crippen LogP contribution in [-0.4, -0.2) is 41.2 Å². The fourth-order valence-electron chi connectivity index (χ4n) is 4.42. The van der Waals surface area contributed by atoms with E-state index >= 15 is 0 Å². The molecule has 1 aliphatic carbocycles. The second-order valence-corrected chi connectivity index (χ2v) is 8.90. The van der Waals surface area contributed by atoms with Gasteiger partial charge in [0.25, 0.3) is 0 Å². The monoisotopic (exact) mass is 374 g/mol. The molecule has 3 rings (SSSR count). The van der Waals surface area contributed by atoms with E-state index in [1.54, 1.807) is 0 Å². The summed E-state index contributed by atoms with van der Waals surface area (Å²) in [6.07, 6.45) is 10.7. The van der Waals surface area contributed by atoms with Crippen LogP contribution < -0.4 is 5.32 Å². The molecule has 144 valence electrons. The zero-order valence-corrected chi connectivity index (χ0v) is 17.0. The van der Waals surface area contributed by atoms with Gasteiger partial charge >= 0.3 is 0 Å². The zero-order chi connectivity index (χ0) is 18.2. The van der Waals surface area contributed by atoms with Gasteiger partial charge in [0.2, 0.25) is 5.91 Å². The smallest absolute Gasteiger partial charge is 0.237 e. The van der Waals surface area contributed by atoms with Gasteiger partial charge in [-0.1, -0.05) is 50.8 Å². The van der Waals surface area contributed by atoms with Crippen molar-refractivity contribution in [3.05, 3.63) is 30.3 Å². The first-order valence-electron chi connectivity index (χ1n) is 10.5. The summed E-state index contributed by atoms with van der Waals surface area (Å²) in [6.45, 7) is 3.27. The molecule has 1 unspecified atom stereocenters. The second kappa shape index (κ2) is 10.4. The Morgan fingerprint density at radius 1 is 1.15 bits per heavy atom. The minimum absolute atomic E-state index is 0.0609. The molecule has 3 nitrogen and oxygen atoms in total. The maximum atomic E-state index is 13.0. The molecule has 2 fully saturated rings. The average molecular weight is 375 g/mol. The van der Waals surface area contributed by atoms with Gasteiger partial charge in [-0.25, -0.2) is 0 Å². The molecule has 1 saturated carbocycles. The number of amides is 1. The van der Waals surface area contributed by atoms with Crippen molar-refractivity contribution >= 4 is 17.7 Å². The lowest BCUT2D eigenvalue weighted by Crippen LogP contribution is -2.52. The predicted octanol–water partition coefficient (Wildman–Crippen LogP) is 4.86. The van der Waals surface area contributed by atoms with E-state index in [-0.39, 0.29) is 11.9 Å². The molecular formula is C22H34N2OS. The Balaban J connectivity index is 1.58. The van der Waals surface area contributed by atoms with E-state index in [0.29, 0.717) is 12.1 Å². The number of nitrogens with zero attached hydrogens (tertiary/aromatic N) is 1. The maximum absolute atomic E-state index is 13.0.